The van der Waals surface area contributed by atoms with E-state index in [0.29, 0.717) is 13.0 Å². The summed E-state index contributed by atoms with van der Waals surface area (Å²) in [5.74, 6) is -0.287. The molecule has 4 nitrogen and oxygen atoms in total. The van der Waals surface area contributed by atoms with Crippen LogP contribution in [0.25, 0.3) is 0 Å². The van der Waals surface area contributed by atoms with E-state index < -0.39 is 10.1 Å². The molecule has 0 saturated carbocycles. The van der Waals surface area contributed by atoms with Crippen LogP contribution in [0.5, 0.6) is 0 Å². The molecule has 0 atom stereocenters. The zero-order valence-electron chi connectivity index (χ0n) is 7.51. The van der Waals surface area contributed by atoms with E-state index in [1.807, 2.05) is 29.1 Å². The number of aryl methyl sites for hydroxylation is 1. The zero-order valence-corrected chi connectivity index (χ0v) is 11.5. The van der Waals surface area contributed by atoms with Gasteiger partial charge < -0.3 is 9.12 Å². The van der Waals surface area contributed by atoms with Crippen molar-refractivity contribution in [2.24, 2.45) is 0 Å². The van der Waals surface area contributed by atoms with Crippen molar-refractivity contribution >= 4 is 10.1 Å². The van der Waals surface area contributed by atoms with Crippen molar-refractivity contribution < 1.29 is 64.4 Å². The summed E-state index contributed by atoms with van der Waals surface area (Å²) < 4.78 is 32.4. The van der Waals surface area contributed by atoms with Crippen molar-refractivity contribution in [3.8, 4) is 0 Å². The molecule has 6 heteroatoms. The quantitative estimate of drug-likeness (QED) is 0.419. The summed E-state index contributed by atoms with van der Waals surface area (Å²) in [5, 5.41) is 0. The SMILES string of the molecule is O=S(=O)([O-])CCCn1cccc1.[K+]. The molecule has 68 valence electrons. The van der Waals surface area contributed by atoms with Gasteiger partial charge in [0.2, 0.25) is 0 Å². The maximum atomic E-state index is 10.2. The summed E-state index contributed by atoms with van der Waals surface area (Å²) in [4.78, 5) is 0. The first kappa shape index (κ1) is 13.8. The van der Waals surface area contributed by atoms with Gasteiger partial charge in [0.1, 0.15) is 0 Å². The summed E-state index contributed by atoms with van der Waals surface area (Å²) in [6.07, 6.45) is 4.04. The van der Waals surface area contributed by atoms with Gasteiger partial charge in [-0.3, -0.25) is 0 Å². The number of nitrogens with zero attached hydrogens (tertiary/aromatic N) is 1. The molecule has 0 unspecified atom stereocenters. The van der Waals surface area contributed by atoms with Gasteiger partial charge in [0.15, 0.2) is 0 Å². The minimum atomic E-state index is -4.04. The average molecular weight is 227 g/mol. The van der Waals surface area contributed by atoms with E-state index in [-0.39, 0.29) is 57.1 Å². The molecule has 1 rings (SSSR count). The second-order valence-electron chi connectivity index (χ2n) is 2.54. The summed E-state index contributed by atoms with van der Waals surface area (Å²) in [7, 11) is -4.04. The van der Waals surface area contributed by atoms with E-state index in [1.165, 1.54) is 0 Å². The second-order valence-corrected chi connectivity index (χ2v) is 4.06. The molecule has 0 aliphatic carbocycles. The van der Waals surface area contributed by atoms with Crippen LogP contribution >= 0.6 is 0 Å². The van der Waals surface area contributed by atoms with E-state index in [2.05, 4.69) is 0 Å². The predicted molar refractivity (Wildman–Crippen MR) is 43.6 cm³/mol. The van der Waals surface area contributed by atoms with Gasteiger partial charge in [0.25, 0.3) is 0 Å². The fraction of sp³-hybridized carbons (Fsp3) is 0.429. The molecule has 0 aliphatic rings. The Hall–Kier alpha value is 0.826. The standard InChI is InChI=1S/C7H11NO3S.K/c9-12(10,11)7-3-6-8-4-1-2-5-8;/h1-2,4-5H,3,6-7H2,(H,9,10,11);/q;+1/p-1. The molecule has 0 saturated heterocycles. The number of hydrogen-bond acceptors (Lipinski definition) is 3. The van der Waals surface area contributed by atoms with Crippen LogP contribution in [0.2, 0.25) is 0 Å². The largest absolute Gasteiger partial charge is 1.00 e. The van der Waals surface area contributed by atoms with Crippen LogP contribution in [0.4, 0.5) is 0 Å². The van der Waals surface area contributed by atoms with E-state index >= 15 is 0 Å². The Balaban J connectivity index is 0.00000144. The Bertz CT molecular complexity index is 320. The van der Waals surface area contributed by atoms with Crippen LogP contribution < -0.4 is 51.4 Å². The van der Waals surface area contributed by atoms with Crippen LogP contribution in [-0.4, -0.2) is 23.3 Å². The first-order chi connectivity index (χ1) is 5.58. The smallest absolute Gasteiger partial charge is 0.748 e. The molecule has 1 aromatic heterocycles. The summed E-state index contributed by atoms with van der Waals surface area (Å²) >= 11 is 0. The molecule has 13 heavy (non-hydrogen) atoms. The van der Waals surface area contributed by atoms with Crippen molar-refractivity contribution in [1.29, 1.82) is 0 Å². The van der Waals surface area contributed by atoms with E-state index in [9.17, 15) is 13.0 Å². The molecular formula is C7H10KNO3S. The molecule has 1 aromatic rings. The molecule has 0 radical (unpaired) electrons. The van der Waals surface area contributed by atoms with E-state index in [1.54, 1.807) is 0 Å². The van der Waals surface area contributed by atoms with Gasteiger partial charge in [0.05, 0.1) is 10.1 Å². The molecule has 0 aromatic carbocycles. The third-order valence-corrected chi connectivity index (χ3v) is 2.27. The van der Waals surface area contributed by atoms with Crippen molar-refractivity contribution in [3.63, 3.8) is 0 Å². The molecule has 0 fully saturated rings. The van der Waals surface area contributed by atoms with Crippen LogP contribution in [0.1, 0.15) is 6.42 Å². The van der Waals surface area contributed by atoms with E-state index in [0.717, 1.165) is 0 Å². The Morgan fingerprint density at radius 3 is 2.23 bits per heavy atom. The fourth-order valence-electron chi connectivity index (χ4n) is 0.943. The van der Waals surface area contributed by atoms with Gasteiger partial charge in [-0.25, -0.2) is 8.42 Å². The second kappa shape index (κ2) is 6.34. The van der Waals surface area contributed by atoms with E-state index in [4.69, 9.17) is 0 Å². The topological polar surface area (TPSA) is 62.1 Å². The number of rotatable bonds is 4. The van der Waals surface area contributed by atoms with Gasteiger partial charge in [0, 0.05) is 24.7 Å². The summed E-state index contributed by atoms with van der Waals surface area (Å²) in [5.41, 5.74) is 0. The molecule has 0 bridgehead atoms. The number of aromatic nitrogens is 1. The molecule has 1 heterocycles. The Labute approximate surface area is 120 Å². The molecule has 0 N–H and O–H groups in total. The fourth-order valence-corrected chi connectivity index (χ4v) is 1.43. The van der Waals surface area contributed by atoms with Crippen LogP contribution in [0.15, 0.2) is 24.5 Å². The van der Waals surface area contributed by atoms with Crippen molar-refractivity contribution in [2.75, 3.05) is 5.75 Å². The Morgan fingerprint density at radius 1 is 1.23 bits per heavy atom. The average Bonchev–Trinajstić information content (AvgIpc) is 2.36. The van der Waals surface area contributed by atoms with Crippen LogP contribution in [0, 0.1) is 0 Å². The Kier molecular flexibility index (Phi) is 6.74. The monoisotopic (exact) mass is 227 g/mol. The molecule has 0 amide bonds. The molecule has 0 spiro atoms. The van der Waals surface area contributed by atoms with Crippen molar-refractivity contribution in [2.45, 2.75) is 13.0 Å². The van der Waals surface area contributed by atoms with Crippen molar-refractivity contribution in [3.05, 3.63) is 24.5 Å². The summed E-state index contributed by atoms with van der Waals surface area (Å²) in [6.45, 7) is 0.578. The Morgan fingerprint density at radius 2 is 1.77 bits per heavy atom. The molecular weight excluding hydrogens is 217 g/mol. The zero-order chi connectivity index (χ0) is 9.03. The third-order valence-electron chi connectivity index (χ3n) is 1.48. The van der Waals surface area contributed by atoms with Gasteiger partial charge in [-0.1, -0.05) is 0 Å². The summed E-state index contributed by atoms with van der Waals surface area (Å²) in [6, 6.07) is 3.71. The third kappa shape index (κ3) is 6.84. The number of hydrogen-bond donors (Lipinski definition) is 0. The van der Waals surface area contributed by atoms with Crippen molar-refractivity contribution in [1.82, 2.24) is 4.57 Å². The minimum absolute atomic E-state index is 0. The van der Waals surface area contributed by atoms with Gasteiger partial charge in [-0.2, -0.15) is 0 Å². The van der Waals surface area contributed by atoms with Crippen LogP contribution in [0.3, 0.4) is 0 Å². The van der Waals surface area contributed by atoms with Crippen LogP contribution in [-0.2, 0) is 16.7 Å². The van der Waals surface area contributed by atoms with Gasteiger partial charge >= 0.3 is 51.4 Å². The maximum Gasteiger partial charge on any atom is 1.00 e. The predicted octanol–water partition coefficient (Wildman–Crippen LogP) is -2.57. The van der Waals surface area contributed by atoms with Gasteiger partial charge in [-0.05, 0) is 18.6 Å². The maximum absolute atomic E-state index is 10.2. The first-order valence-corrected chi connectivity index (χ1v) is 5.20. The first-order valence-electron chi connectivity index (χ1n) is 3.62. The van der Waals surface area contributed by atoms with Gasteiger partial charge in [-0.15, -0.1) is 0 Å². The normalized spacial score (nSPS) is 10.8. The minimum Gasteiger partial charge on any atom is -0.748 e. The molecule has 0 aliphatic heterocycles.